The van der Waals surface area contributed by atoms with Crippen LogP contribution < -0.4 is 10.2 Å². The van der Waals surface area contributed by atoms with E-state index in [2.05, 4.69) is 31.0 Å². The first-order chi connectivity index (χ1) is 9.67. The summed E-state index contributed by atoms with van der Waals surface area (Å²) in [7, 11) is 2.02. The third kappa shape index (κ3) is 3.53. The molecule has 1 aromatic rings. The SMILES string of the molecule is CCC1CCCCCN1c1nc(C(C)C)c(CNC)s1. The van der Waals surface area contributed by atoms with Gasteiger partial charge in [-0.05, 0) is 32.2 Å². The summed E-state index contributed by atoms with van der Waals surface area (Å²) in [4.78, 5) is 9.00. The van der Waals surface area contributed by atoms with Crippen molar-refractivity contribution in [3.63, 3.8) is 0 Å². The van der Waals surface area contributed by atoms with Gasteiger partial charge in [0, 0.05) is 24.0 Å². The Hall–Kier alpha value is -0.610. The Morgan fingerprint density at radius 2 is 2.15 bits per heavy atom. The lowest BCUT2D eigenvalue weighted by molar-refractivity contribution is 0.554. The standard InChI is InChI=1S/C16H29N3S/c1-5-13-9-7-6-8-10-19(13)16-18-15(12(2)3)14(20-16)11-17-4/h12-13,17H,5-11H2,1-4H3. The Morgan fingerprint density at radius 3 is 2.80 bits per heavy atom. The molecular formula is C16H29N3S. The quantitative estimate of drug-likeness (QED) is 0.884. The predicted octanol–water partition coefficient (Wildman–Crippen LogP) is 4.14. The van der Waals surface area contributed by atoms with E-state index in [0.29, 0.717) is 12.0 Å². The Balaban J connectivity index is 2.27. The third-order valence-electron chi connectivity index (χ3n) is 4.19. The molecule has 1 aliphatic rings. The molecule has 0 spiro atoms. The number of hydrogen-bond donors (Lipinski definition) is 1. The summed E-state index contributed by atoms with van der Waals surface area (Å²) in [5, 5.41) is 4.54. The molecule has 3 nitrogen and oxygen atoms in total. The Kier molecular flexibility index (Phi) is 5.85. The number of aromatic nitrogens is 1. The highest BCUT2D eigenvalue weighted by Crippen LogP contribution is 2.34. The molecular weight excluding hydrogens is 266 g/mol. The van der Waals surface area contributed by atoms with Gasteiger partial charge in [0.15, 0.2) is 5.13 Å². The number of thiazole rings is 1. The maximum Gasteiger partial charge on any atom is 0.186 e. The van der Waals surface area contributed by atoms with E-state index in [4.69, 9.17) is 4.98 Å². The van der Waals surface area contributed by atoms with Crippen molar-refractivity contribution in [1.82, 2.24) is 10.3 Å². The molecule has 0 saturated carbocycles. The van der Waals surface area contributed by atoms with Crippen LogP contribution in [-0.2, 0) is 6.54 Å². The minimum absolute atomic E-state index is 0.510. The van der Waals surface area contributed by atoms with Crippen molar-refractivity contribution in [2.45, 2.75) is 71.4 Å². The molecule has 1 aromatic heterocycles. The summed E-state index contributed by atoms with van der Waals surface area (Å²) < 4.78 is 0. The summed E-state index contributed by atoms with van der Waals surface area (Å²) in [6.45, 7) is 8.93. The van der Waals surface area contributed by atoms with Crippen LogP contribution in [0.3, 0.4) is 0 Å². The predicted molar refractivity (Wildman–Crippen MR) is 88.9 cm³/mol. The van der Waals surface area contributed by atoms with Crippen LogP contribution in [0.2, 0.25) is 0 Å². The number of nitrogens with zero attached hydrogens (tertiary/aromatic N) is 2. The van der Waals surface area contributed by atoms with Crippen LogP contribution in [0.1, 0.15) is 69.4 Å². The van der Waals surface area contributed by atoms with Crippen LogP contribution in [0.15, 0.2) is 0 Å². The molecule has 20 heavy (non-hydrogen) atoms. The lowest BCUT2D eigenvalue weighted by Gasteiger charge is -2.28. The van der Waals surface area contributed by atoms with E-state index >= 15 is 0 Å². The summed E-state index contributed by atoms with van der Waals surface area (Å²) in [6, 6.07) is 0.686. The van der Waals surface area contributed by atoms with Crippen molar-refractivity contribution in [2.75, 3.05) is 18.5 Å². The van der Waals surface area contributed by atoms with Gasteiger partial charge in [0.2, 0.25) is 0 Å². The molecule has 1 N–H and O–H groups in total. The minimum atomic E-state index is 0.510. The van der Waals surface area contributed by atoms with Crippen LogP contribution in [0, 0.1) is 0 Å². The van der Waals surface area contributed by atoms with Crippen LogP contribution in [0.4, 0.5) is 5.13 Å². The second kappa shape index (κ2) is 7.41. The molecule has 0 aliphatic carbocycles. The zero-order valence-corrected chi connectivity index (χ0v) is 14.2. The third-order valence-corrected chi connectivity index (χ3v) is 5.30. The average Bonchev–Trinajstić information content (AvgIpc) is 2.70. The Bertz CT molecular complexity index is 414. The average molecular weight is 295 g/mol. The van der Waals surface area contributed by atoms with Crippen molar-refractivity contribution in [2.24, 2.45) is 0 Å². The lowest BCUT2D eigenvalue weighted by Crippen LogP contribution is -2.34. The highest BCUT2D eigenvalue weighted by Gasteiger charge is 2.24. The zero-order chi connectivity index (χ0) is 14.5. The molecule has 1 atom stereocenters. The van der Waals surface area contributed by atoms with Crippen LogP contribution in [0.5, 0.6) is 0 Å². The van der Waals surface area contributed by atoms with E-state index in [9.17, 15) is 0 Å². The van der Waals surface area contributed by atoms with E-state index in [1.807, 2.05) is 18.4 Å². The van der Waals surface area contributed by atoms with Crippen molar-refractivity contribution < 1.29 is 0 Å². The first-order valence-electron chi connectivity index (χ1n) is 8.08. The van der Waals surface area contributed by atoms with E-state index in [1.165, 1.54) is 54.4 Å². The normalized spacial score (nSPS) is 20.4. The van der Waals surface area contributed by atoms with E-state index in [1.54, 1.807) is 0 Å². The molecule has 4 heteroatoms. The highest BCUT2D eigenvalue weighted by atomic mass is 32.1. The zero-order valence-electron chi connectivity index (χ0n) is 13.4. The van der Waals surface area contributed by atoms with E-state index in [0.717, 1.165) is 6.54 Å². The second-order valence-electron chi connectivity index (χ2n) is 6.09. The Labute approximate surface area is 127 Å². The molecule has 0 amide bonds. The molecule has 0 bridgehead atoms. The van der Waals surface area contributed by atoms with Gasteiger partial charge in [0.05, 0.1) is 5.69 Å². The number of anilines is 1. The lowest BCUT2D eigenvalue weighted by atomic mass is 10.1. The van der Waals surface area contributed by atoms with Crippen LogP contribution in [0.25, 0.3) is 0 Å². The number of rotatable bonds is 5. The van der Waals surface area contributed by atoms with Crippen molar-refractivity contribution in [3.05, 3.63) is 10.6 Å². The molecule has 1 fully saturated rings. The van der Waals surface area contributed by atoms with Crippen LogP contribution >= 0.6 is 11.3 Å². The second-order valence-corrected chi connectivity index (χ2v) is 7.16. The summed E-state index contributed by atoms with van der Waals surface area (Å²) in [6.07, 6.45) is 6.63. The van der Waals surface area contributed by atoms with Gasteiger partial charge >= 0.3 is 0 Å². The minimum Gasteiger partial charge on any atom is -0.345 e. The van der Waals surface area contributed by atoms with Gasteiger partial charge in [-0.1, -0.05) is 33.6 Å². The van der Waals surface area contributed by atoms with Crippen molar-refractivity contribution in [1.29, 1.82) is 0 Å². The first kappa shape index (κ1) is 15.8. The molecule has 114 valence electrons. The van der Waals surface area contributed by atoms with Gasteiger partial charge in [-0.15, -0.1) is 11.3 Å². The molecule has 1 unspecified atom stereocenters. The fourth-order valence-electron chi connectivity index (χ4n) is 3.07. The first-order valence-corrected chi connectivity index (χ1v) is 8.89. The molecule has 0 aromatic carbocycles. The fourth-order valence-corrected chi connectivity index (χ4v) is 4.39. The summed E-state index contributed by atoms with van der Waals surface area (Å²) in [5.74, 6) is 0.510. The molecule has 1 saturated heterocycles. The van der Waals surface area contributed by atoms with E-state index in [-0.39, 0.29) is 0 Å². The van der Waals surface area contributed by atoms with Gasteiger partial charge in [-0.25, -0.2) is 4.98 Å². The van der Waals surface area contributed by atoms with Gasteiger partial charge in [0.25, 0.3) is 0 Å². The van der Waals surface area contributed by atoms with Crippen molar-refractivity contribution >= 4 is 16.5 Å². The maximum atomic E-state index is 5.00. The molecule has 0 radical (unpaired) electrons. The maximum absolute atomic E-state index is 5.00. The fraction of sp³-hybridized carbons (Fsp3) is 0.812. The molecule has 1 aliphatic heterocycles. The van der Waals surface area contributed by atoms with Gasteiger partial charge in [0.1, 0.15) is 0 Å². The molecule has 2 heterocycles. The van der Waals surface area contributed by atoms with Gasteiger partial charge < -0.3 is 10.2 Å². The summed E-state index contributed by atoms with van der Waals surface area (Å²) in [5.41, 5.74) is 1.29. The Morgan fingerprint density at radius 1 is 1.35 bits per heavy atom. The highest BCUT2D eigenvalue weighted by molar-refractivity contribution is 7.15. The number of hydrogen-bond acceptors (Lipinski definition) is 4. The largest absolute Gasteiger partial charge is 0.345 e. The molecule has 2 rings (SSSR count). The topological polar surface area (TPSA) is 28.2 Å². The van der Waals surface area contributed by atoms with Gasteiger partial charge in [-0.2, -0.15) is 0 Å². The number of nitrogens with one attached hydrogen (secondary N) is 1. The van der Waals surface area contributed by atoms with Crippen molar-refractivity contribution in [3.8, 4) is 0 Å². The smallest absolute Gasteiger partial charge is 0.186 e. The van der Waals surface area contributed by atoms with Crippen LogP contribution in [-0.4, -0.2) is 24.6 Å². The van der Waals surface area contributed by atoms with Gasteiger partial charge in [-0.3, -0.25) is 0 Å². The summed E-state index contributed by atoms with van der Waals surface area (Å²) >= 11 is 1.90. The van der Waals surface area contributed by atoms with E-state index < -0.39 is 0 Å². The monoisotopic (exact) mass is 295 g/mol.